The molecule has 0 saturated heterocycles. The van der Waals surface area contributed by atoms with Crippen LogP contribution in [-0.2, 0) is 4.87 Å². The number of alkyl halides is 2. The van der Waals surface area contributed by atoms with Gasteiger partial charge in [0.15, 0.2) is 33.1 Å². The van der Waals surface area contributed by atoms with Gasteiger partial charge in [0.2, 0.25) is 5.82 Å². The van der Waals surface area contributed by atoms with Gasteiger partial charge in [0.25, 0.3) is 0 Å². The molecule has 2 unspecified atom stereocenters. The first-order valence-corrected chi connectivity index (χ1v) is 11.6. The Morgan fingerprint density at radius 3 is 2.03 bits per heavy atom. The average molecular weight is 547 g/mol. The Morgan fingerprint density at radius 2 is 1.32 bits per heavy atom. The molecule has 0 aliphatic carbocycles. The van der Waals surface area contributed by atoms with Gasteiger partial charge in [-0.05, 0) is 66.8 Å². The summed E-state index contributed by atoms with van der Waals surface area (Å²) in [6, 6.07) is 6.43. The van der Waals surface area contributed by atoms with Gasteiger partial charge in [-0.3, -0.25) is 4.99 Å². The molecule has 3 aromatic rings. The third-order valence-corrected chi connectivity index (χ3v) is 7.48. The van der Waals surface area contributed by atoms with E-state index in [-0.39, 0.29) is 11.4 Å². The molecule has 186 valence electrons. The molecule has 5 heterocycles. The number of aromatic amines is 2. The van der Waals surface area contributed by atoms with Gasteiger partial charge in [-0.1, -0.05) is 11.6 Å². The van der Waals surface area contributed by atoms with E-state index >= 15 is 8.78 Å². The summed E-state index contributed by atoms with van der Waals surface area (Å²) in [6.45, 7) is 0. The fourth-order valence-electron chi connectivity index (χ4n) is 4.46. The lowest BCUT2D eigenvalue weighted by Gasteiger charge is -2.37. The first-order chi connectivity index (χ1) is 17.6. The number of hydrogen-bond acceptors (Lipinski definition) is 2. The molecule has 2 N–H and O–H groups in total. The highest BCUT2D eigenvalue weighted by Crippen LogP contribution is 2.54. The van der Waals surface area contributed by atoms with Crippen LogP contribution < -0.4 is 10.7 Å². The molecule has 0 fully saturated rings. The Kier molecular flexibility index (Phi) is 5.22. The minimum atomic E-state index is -2.59. The number of hydrogen-bond donors (Lipinski definition) is 2. The van der Waals surface area contributed by atoms with Crippen molar-refractivity contribution in [3.05, 3.63) is 111 Å². The van der Waals surface area contributed by atoms with Crippen LogP contribution in [-0.4, -0.2) is 26.4 Å². The van der Waals surface area contributed by atoms with Crippen molar-refractivity contribution in [1.82, 2.24) is 9.97 Å². The van der Waals surface area contributed by atoms with E-state index in [0.29, 0.717) is 22.5 Å². The van der Waals surface area contributed by atoms with Crippen LogP contribution in [0.5, 0.6) is 0 Å². The van der Waals surface area contributed by atoms with Crippen LogP contribution in [0.3, 0.4) is 0 Å². The zero-order valence-electron chi connectivity index (χ0n) is 18.4. The summed E-state index contributed by atoms with van der Waals surface area (Å²) in [4.78, 5) is 10.1. The maximum Gasteiger partial charge on any atom is 0.200 e. The van der Waals surface area contributed by atoms with Crippen LogP contribution in [0.25, 0.3) is 18.2 Å². The fourth-order valence-corrected chi connectivity index (χ4v) is 5.20. The van der Waals surface area contributed by atoms with E-state index in [4.69, 9.17) is 23.2 Å². The Bertz CT molecular complexity index is 1750. The van der Waals surface area contributed by atoms with Crippen molar-refractivity contribution in [2.24, 2.45) is 9.98 Å². The quantitative estimate of drug-likeness (QED) is 0.140. The number of aromatic nitrogens is 2. The molecular formula is C26H13Cl2F5N4. The molecule has 6 rings (SSSR count). The Labute approximate surface area is 215 Å². The molecule has 0 saturated carbocycles. The molecule has 8 bridgehead atoms. The highest BCUT2D eigenvalue weighted by atomic mass is 35.5. The number of allylic oxidation sites excluding steroid dienone is 3. The van der Waals surface area contributed by atoms with E-state index in [1.165, 1.54) is 24.3 Å². The molecular weight excluding hydrogens is 534 g/mol. The number of nitrogens with one attached hydrogen (secondary N) is 2. The summed E-state index contributed by atoms with van der Waals surface area (Å²) in [7, 11) is 0. The summed E-state index contributed by atoms with van der Waals surface area (Å²) in [6.07, 6.45) is 11.3. The van der Waals surface area contributed by atoms with Crippen LogP contribution in [0.15, 0.2) is 64.3 Å². The molecule has 3 aliphatic heterocycles. The number of H-pyrrole nitrogens is 2. The first kappa shape index (κ1) is 23.7. The largest absolute Gasteiger partial charge is 0.357 e. The van der Waals surface area contributed by atoms with Crippen molar-refractivity contribution in [3.8, 4) is 0 Å². The summed E-state index contributed by atoms with van der Waals surface area (Å²) in [5.74, 6) is -10.8. The SMILES string of the molecule is Fc1c(F)c(F)c(C2(Cl)c3ccc([nH]3)C=C3C=CC(=N3)C=c3ccc([nH]3)=CC3=NC2(Cl)C=C3)c(F)c1F. The molecule has 2 atom stereocenters. The van der Waals surface area contributed by atoms with E-state index in [0.717, 1.165) is 5.35 Å². The van der Waals surface area contributed by atoms with Gasteiger partial charge in [0.1, 0.15) is 0 Å². The van der Waals surface area contributed by atoms with Gasteiger partial charge < -0.3 is 9.97 Å². The van der Waals surface area contributed by atoms with Crippen molar-refractivity contribution < 1.29 is 22.0 Å². The van der Waals surface area contributed by atoms with Crippen molar-refractivity contribution >= 4 is 52.9 Å². The third kappa shape index (κ3) is 3.56. The second kappa shape index (κ2) is 8.16. The molecule has 0 spiro atoms. The van der Waals surface area contributed by atoms with Crippen molar-refractivity contribution in [3.63, 3.8) is 0 Å². The van der Waals surface area contributed by atoms with Gasteiger partial charge in [-0.25, -0.2) is 26.9 Å². The lowest BCUT2D eigenvalue weighted by atomic mass is 9.86. The third-order valence-electron chi connectivity index (χ3n) is 6.21. The van der Waals surface area contributed by atoms with Gasteiger partial charge >= 0.3 is 0 Å². The van der Waals surface area contributed by atoms with E-state index in [2.05, 4.69) is 20.0 Å². The van der Waals surface area contributed by atoms with E-state index in [9.17, 15) is 13.2 Å². The molecule has 0 radical (unpaired) electrons. The van der Waals surface area contributed by atoms with Crippen LogP contribution in [0.2, 0.25) is 0 Å². The fraction of sp³-hybridized carbons (Fsp3) is 0.0769. The maximum atomic E-state index is 15.2. The number of rotatable bonds is 1. The van der Waals surface area contributed by atoms with Gasteiger partial charge in [-0.15, -0.1) is 11.6 Å². The smallest absolute Gasteiger partial charge is 0.200 e. The van der Waals surface area contributed by atoms with Crippen molar-refractivity contribution in [1.29, 1.82) is 0 Å². The Balaban J connectivity index is 1.68. The number of aliphatic imine (C=N–C) groups is 2. The monoisotopic (exact) mass is 546 g/mol. The molecule has 2 aromatic heterocycles. The highest BCUT2D eigenvalue weighted by Gasteiger charge is 2.57. The summed E-state index contributed by atoms with van der Waals surface area (Å²) >= 11 is 13.7. The summed E-state index contributed by atoms with van der Waals surface area (Å²) in [5.41, 5.74) is 0.362. The van der Waals surface area contributed by atoms with Crippen molar-refractivity contribution in [2.75, 3.05) is 0 Å². The molecule has 1 aromatic carbocycles. The topological polar surface area (TPSA) is 56.3 Å². The average Bonchev–Trinajstić information content (AvgIpc) is 3.66. The molecule has 4 nitrogen and oxygen atoms in total. The van der Waals surface area contributed by atoms with Gasteiger partial charge in [0.05, 0.1) is 22.7 Å². The maximum absolute atomic E-state index is 15.2. The van der Waals surface area contributed by atoms with Crippen LogP contribution >= 0.6 is 23.2 Å². The Morgan fingerprint density at radius 1 is 0.676 bits per heavy atom. The predicted octanol–water partition coefficient (Wildman–Crippen LogP) is 5.09. The van der Waals surface area contributed by atoms with Crippen molar-refractivity contribution in [2.45, 2.75) is 9.87 Å². The van der Waals surface area contributed by atoms with E-state index in [1.807, 2.05) is 12.1 Å². The normalized spacial score (nSPS) is 23.9. The van der Waals surface area contributed by atoms with Crippen LogP contribution in [0, 0.1) is 29.1 Å². The number of fused-ring (bicyclic) bond motifs is 6. The second-order valence-electron chi connectivity index (χ2n) is 8.57. The molecule has 3 aliphatic rings. The van der Waals surface area contributed by atoms with E-state index < -0.39 is 44.5 Å². The number of nitrogens with zero attached hydrogens (tertiary/aromatic N) is 2. The highest BCUT2D eigenvalue weighted by molar-refractivity contribution is 6.39. The van der Waals surface area contributed by atoms with Crippen LogP contribution in [0.4, 0.5) is 22.0 Å². The standard InChI is InChI=1S/C26H13Cl2F5N4/c27-25-8-7-17(37-25)11-15-4-3-13(35-15)9-12-1-2-14(34-12)10-16-5-6-18(36-16)26(25,28)19-20(29)22(31)24(33)23(32)21(19)30/h1-11,35-36H. The number of benzene rings is 1. The second-order valence-corrected chi connectivity index (χ2v) is 9.71. The van der Waals surface area contributed by atoms with Crippen LogP contribution in [0.1, 0.15) is 17.0 Å². The summed E-state index contributed by atoms with van der Waals surface area (Å²) in [5, 5.41) is 1.36. The minimum absolute atomic E-state index is 0.152. The predicted molar refractivity (Wildman–Crippen MR) is 132 cm³/mol. The first-order valence-electron chi connectivity index (χ1n) is 10.8. The lowest BCUT2D eigenvalue weighted by molar-refractivity contribution is 0.357. The zero-order valence-corrected chi connectivity index (χ0v) is 19.9. The zero-order chi connectivity index (χ0) is 26.1. The Hall–Kier alpha value is -3.69. The van der Waals surface area contributed by atoms with Gasteiger partial charge in [-0.2, -0.15) is 0 Å². The lowest BCUT2D eigenvalue weighted by Crippen LogP contribution is -2.43. The number of halogens is 7. The molecule has 0 amide bonds. The molecule has 37 heavy (non-hydrogen) atoms. The summed E-state index contributed by atoms with van der Waals surface area (Å²) < 4.78 is 73.0. The minimum Gasteiger partial charge on any atom is -0.357 e. The van der Waals surface area contributed by atoms with Gasteiger partial charge in [0, 0.05) is 22.1 Å². The van der Waals surface area contributed by atoms with E-state index in [1.54, 1.807) is 30.4 Å². The molecule has 11 heteroatoms.